The van der Waals surface area contributed by atoms with E-state index >= 15 is 0 Å². The lowest BCUT2D eigenvalue weighted by Crippen LogP contribution is -2.35. The van der Waals surface area contributed by atoms with Gasteiger partial charge in [-0.15, -0.1) is 0 Å². The number of hydrazine groups is 1. The summed E-state index contributed by atoms with van der Waals surface area (Å²) in [5.74, 6) is -0.851. The van der Waals surface area contributed by atoms with E-state index in [0.29, 0.717) is 13.2 Å². The van der Waals surface area contributed by atoms with E-state index in [1.165, 1.54) is 12.1 Å². The van der Waals surface area contributed by atoms with Gasteiger partial charge < -0.3 is 0 Å². The maximum Gasteiger partial charge on any atom is 0.249 e. The fraction of sp³-hybridized carbons (Fsp3) is 0.235. The average Bonchev–Trinajstić information content (AvgIpc) is 3.06. The zero-order chi connectivity index (χ0) is 16.1. The molecular formula is C17H18FN3O2. The maximum absolute atomic E-state index is 13.0. The van der Waals surface area contributed by atoms with Gasteiger partial charge in [0, 0.05) is 6.54 Å². The number of hydrogen-bond donors (Lipinski definition) is 3. The first kappa shape index (κ1) is 15.6. The zero-order valence-corrected chi connectivity index (χ0v) is 12.5. The summed E-state index contributed by atoms with van der Waals surface area (Å²) in [4.78, 5) is 17.6. The highest BCUT2D eigenvalue weighted by atomic mass is 19.1. The van der Waals surface area contributed by atoms with Gasteiger partial charge in [-0.3, -0.25) is 15.1 Å². The molecule has 1 heterocycles. The summed E-state index contributed by atoms with van der Waals surface area (Å²) in [6.45, 7) is 0.782. The molecule has 0 aliphatic carbocycles. The smallest absolute Gasteiger partial charge is 0.249 e. The normalized spacial score (nSPS) is 20.4. The quantitative estimate of drug-likeness (QED) is 0.737. The minimum absolute atomic E-state index is 0.215. The fourth-order valence-electron chi connectivity index (χ4n) is 2.57. The third kappa shape index (κ3) is 3.92. The Bertz CT molecular complexity index is 649. The molecule has 1 fully saturated rings. The van der Waals surface area contributed by atoms with E-state index in [1.807, 2.05) is 30.3 Å². The zero-order valence-electron chi connectivity index (χ0n) is 12.5. The van der Waals surface area contributed by atoms with Crippen LogP contribution in [-0.2, 0) is 16.2 Å². The summed E-state index contributed by atoms with van der Waals surface area (Å²) in [6.07, 6.45) is 0. The van der Waals surface area contributed by atoms with Crippen LogP contribution in [0.4, 0.5) is 4.39 Å². The van der Waals surface area contributed by atoms with Crippen molar-refractivity contribution in [1.29, 1.82) is 0 Å². The van der Waals surface area contributed by atoms with Crippen LogP contribution in [0.3, 0.4) is 0 Å². The van der Waals surface area contributed by atoms with Crippen LogP contribution in [-0.4, -0.2) is 12.5 Å². The molecule has 6 heteroatoms. The van der Waals surface area contributed by atoms with E-state index in [4.69, 9.17) is 4.84 Å². The second-order valence-corrected chi connectivity index (χ2v) is 5.40. The van der Waals surface area contributed by atoms with Gasteiger partial charge >= 0.3 is 0 Å². The second-order valence-electron chi connectivity index (χ2n) is 5.40. The third-order valence-corrected chi connectivity index (χ3v) is 3.80. The van der Waals surface area contributed by atoms with E-state index < -0.39 is 0 Å². The number of hydrogen-bond acceptors (Lipinski definition) is 4. The van der Waals surface area contributed by atoms with Gasteiger partial charge in [-0.2, -0.15) is 0 Å². The first-order valence-electron chi connectivity index (χ1n) is 7.43. The molecular weight excluding hydrogens is 297 g/mol. The third-order valence-electron chi connectivity index (χ3n) is 3.80. The molecule has 0 radical (unpaired) electrons. The largest absolute Gasteiger partial charge is 0.272 e. The van der Waals surface area contributed by atoms with Crippen molar-refractivity contribution in [3.05, 3.63) is 71.5 Å². The Morgan fingerprint density at radius 2 is 1.91 bits per heavy atom. The number of carbonyl (C=O) groups is 1. The molecule has 3 rings (SSSR count). The minimum atomic E-state index is -0.337. The lowest BCUT2D eigenvalue weighted by Gasteiger charge is -2.18. The summed E-state index contributed by atoms with van der Waals surface area (Å²) in [5, 5.41) is 0. The van der Waals surface area contributed by atoms with Gasteiger partial charge in [-0.05, 0) is 23.3 Å². The molecule has 3 N–H and O–H groups in total. The second kappa shape index (κ2) is 7.32. The van der Waals surface area contributed by atoms with Gasteiger partial charge in [-0.25, -0.2) is 15.3 Å². The number of hydroxylamine groups is 1. The van der Waals surface area contributed by atoms with Crippen LogP contribution in [0, 0.1) is 11.7 Å². The van der Waals surface area contributed by atoms with Crippen molar-refractivity contribution < 1.29 is 14.0 Å². The Hall–Kier alpha value is -2.28. The van der Waals surface area contributed by atoms with Crippen molar-refractivity contribution in [2.45, 2.75) is 12.6 Å². The number of halogens is 1. The van der Waals surface area contributed by atoms with Crippen LogP contribution < -0.4 is 16.3 Å². The lowest BCUT2D eigenvalue weighted by molar-refractivity contribution is -0.138. The highest BCUT2D eigenvalue weighted by Gasteiger charge is 2.34. The van der Waals surface area contributed by atoms with Crippen LogP contribution in [0.15, 0.2) is 54.6 Å². The monoisotopic (exact) mass is 315 g/mol. The van der Waals surface area contributed by atoms with Crippen molar-refractivity contribution in [3.8, 4) is 0 Å². The molecule has 2 unspecified atom stereocenters. The van der Waals surface area contributed by atoms with Crippen molar-refractivity contribution in [3.63, 3.8) is 0 Å². The molecule has 0 spiro atoms. The van der Waals surface area contributed by atoms with Crippen LogP contribution in [0.5, 0.6) is 0 Å². The van der Waals surface area contributed by atoms with Crippen LogP contribution in [0.1, 0.15) is 17.2 Å². The van der Waals surface area contributed by atoms with Gasteiger partial charge in [0.1, 0.15) is 5.82 Å². The molecule has 1 aliphatic heterocycles. The number of carbonyl (C=O) groups excluding carboxylic acids is 1. The molecule has 2 aromatic carbocycles. The van der Waals surface area contributed by atoms with E-state index in [0.717, 1.165) is 11.1 Å². The van der Waals surface area contributed by atoms with Gasteiger partial charge in [0.15, 0.2) is 0 Å². The summed E-state index contributed by atoms with van der Waals surface area (Å²) in [7, 11) is 0. The summed E-state index contributed by atoms with van der Waals surface area (Å²) in [5.41, 5.74) is 10.3. The number of amides is 1. The molecule has 0 saturated carbocycles. The molecule has 120 valence electrons. The molecule has 5 nitrogen and oxygen atoms in total. The lowest BCUT2D eigenvalue weighted by atomic mass is 9.94. The summed E-state index contributed by atoms with van der Waals surface area (Å²) < 4.78 is 13.0. The summed E-state index contributed by atoms with van der Waals surface area (Å²) in [6, 6.07) is 15.5. The van der Waals surface area contributed by atoms with Crippen LogP contribution in [0.25, 0.3) is 0 Å². The Labute approximate surface area is 133 Å². The molecule has 23 heavy (non-hydrogen) atoms. The van der Waals surface area contributed by atoms with E-state index in [9.17, 15) is 9.18 Å². The number of benzene rings is 2. The van der Waals surface area contributed by atoms with Crippen molar-refractivity contribution in [2.24, 2.45) is 5.92 Å². The van der Waals surface area contributed by atoms with Crippen LogP contribution in [0.2, 0.25) is 0 Å². The first-order chi connectivity index (χ1) is 11.2. The van der Waals surface area contributed by atoms with E-state index in [2.05, 4.69) is 16.3 Å². The van der Waals surface area contributed by atoms with E-state index in [1.54, 1.807) is 12.1 Å². The molecule has 0 bridgehead atoms. The van der Waals surface area contributed by atoms with E-state index in [-0.39, 0.29) is 23.7 Å². The Morgan fingerprint density at radius 1 is 1.17 bits per heavy atom. The maximum atomic E-state index is 13.0. The SMILES string of the molecule is O=C(NOCc1ccccc1)C1CNNC1c1ccc(F)cc1. The molecule has 2 aromatic rings. The molecule has 1 aliphatic rings. The Morgan fingerprint density at radius 3 is 2.65 bits per heavy atom. The first-order valence-corrected chi connectivity index (χ1v) is 7.43. The Balaban J connectivity index is 1.56. The molecule has 0 aromatic heterocycles. The predicted molar refractivity (Wildman–Crippen MR) is 83.1 cm³/mol. The Kier molecular flexibility index (Phi) is 4.97. The van der Waals surface area contributed by atoms with Crippen molar-refractivity contribution in [2.75, 3.05) is 6.54 Å². The highest BCUT2D eigenvalue weighted by Crippen LogP contribution is 2.25. The van der Waals surface area contributed by atoms with Crippen molar-refractivity contribution in [1.82, 2.24) is 16.3 Å². The van der Waals surface area contributed by atoms with Crippen LogP contribution >= 0.6 is 0 Å². The molecule has 1 saturated heterocycles. The van der Waals surface area contributed by atoms with Crippen molar-refractivity contribution >= 4 is 5.91 Å². The average molecular weight is 315 g/mol. The van der Waals surface area contributed by atoms with Gasteiger partial charge in [-0.1, -0.05) is 42.5 Å². The fourth-order valence-corrected chi connectivity index (χ4v) is 2.57. The highest BCUT2D eigenvalue weighted by molar-refractivity contribution is 5.79. The number of rotatable bonds is 5. The number of nitrogens with one attached hydrogen (secondary N) is 3. The van der Waals surface area contributed by atoms with Gasteiger partial charge in [0.05, 0.1) is 18.6 Å². The molecule has 2 atom stereocenters. The summed E-state index contributed by atoms with van der Waals surface area (Å²) >= 11 is 0. The molecule has 1 amide bonds. The topological polar surface area (TPSA) is 62.4 Å². The standard InChI is InChI=1S/C17H18FN3O2/c18-14-8-6-13(7-9-14)16-15(10-19-20-16)17(22)21-23-11-12-4-2-1-3-5-12/h1-9,15-16,19-20H,10-11H2,(H,21,22). The van der Waals surface area contributed by atoms with Gasteiger partial charge in [0.2, 0.25) is 5.91 Å². The minimum Gasteiger partial charge on any atom is -0.272 e. The van der Waals surface area contributed by atoms with Gasteiger partial charge in [0.25, 0.3) is 0 Å². The predicted octanol–water partition coefficient (Wildman–Crippen LogP) is 1.84.